The Balaban J connectivity index is 2.36. The third kappa shape index (κ3) is 3.50. The molecule has 1 N–H and O–H groups in total. The van der Waals surface area contributed by atoms with E-state index >= 15 is 0 Å². The third-order valence-electron chi connectivity index (χ3n) is 1.89. The standard InChI is InChI=1S/C8H14F2N2S/c1-5(2)6-4-13-8(12-6)11-3-7(9)10/h5-7H,3-4H2,1-2H3,(H,11,12)/t6-/m1/s1. The molecule has 0 saturated carbocycles. The summed E-state index contributed by atoms with van der Waals surface area (Å²) < 4.78 is 23.6. The minimum atomic E-state index is -2.34. The van der Waals surface area contributed by atoms with E-state index in [9.17, 15) is 8.78 Å². The van der Waals surface area contributed by atoms with Crippen LogP contribution < -0.4 is 5.32 Å². The van der Waals surface area contributed by atoms with Gasteiger partial charge in [0.1, 0.15) is 6.54 Å². The quantitative estimate of drug-likeness (QED) is 0.766. The highest BCUT2D eigenvalue weighted by Gasteiger charge is 2.22. The van der Waals surface area contributed by atoms with E-state index in [-0.39, 0.29) is 6.54 Å². The lowest BCUT2D eigenvalue weighted by Gasteiger charge is -2.12. The van der Waals surface area contributed by atoms with E-state index in [1.54, 1.807) is 0 Å². The van der Waals surface area contributed by atoms with Gasteiger partial charge in [0.2, 0.25) is 0 Å². The minimum Gasteiger partial charge on any atom is -0.361 e. The van der Waals surface area contributed by atoms with Crippen LogP contribution in [0.1, 0.15) is 13.8 Å². The Morgan fingerprint density at radius 1 is 1.62 bits per heavy atom. The van der Waals surface area contributed by atoms with Crippen molar-refractivity contribution in [1.29, 1.82) is 0 Å². The van der Waals surface area contributed by atoms with Gasteiger partial charge in [0.15, 0.2) is 5.17 Å². The molecule has 0 aromatic rings. The normalized spacial score (nSPS) is 26.0. The molecule has 0 unspecified atom stereocenters. The summed E-state index contributed by atoms with van der Waals surface area (Å²) in [7, 11) is 0. The lowest BCUT2D eigenvalue weighted by Crippen LogP contribution is -2.31. The van der Waals surface area contributed by atoms with Crippen molar-refractivity contribution in [2.45, 2.75) is 26.3 Å². The van der Waals surface area contributed by atoms with Crippen LogP contribution in [0.3, 0.4) is 0 Å². The number of thioether (sulfide) groups is 1. The molecule has 1 saturated heterocycles. The number of amidine groups is 1. The zero-order valence-electron chi connectivity index (χ0n) is 7.76. The Labute approximate surface area is 81.2 Å². The average molecular weight is 208 g/mol. The maximum atomic E-state index is 11.8. The van der Waals surface area contributed by atoms with Gasteiger partial charge in [-0.05, 0) is 5.92 Å². The second-order valence-corrected chi connectivity index (χ2v) is 4.35. The van der Waals surface area contributed by atoms with E-state index in [2.05, 4.69) is 24.2 Å². The van der Waals surface area contributed by atoms with Gasteiger partial charge in [-0.3, -0.25) is 4.99 Å². The van der Waals surface area contributed by atoms with Gasteiger partial charge in [-0.25, -0.2) is 8.78 Å². The summed E-state index contributed by atoms with van der Waals surface area (Å²) in [5.41, 5.74) is 0. The lowest BCUT2D eigenvalue weighted by molar-refractivity contribution is 0.159. The first-order valence-corrected chi connectivity index (χ1v) is 5.30. The first-order valence-electron chi connectivity index (χ1n) is 4.31. The van der Waals surface area contributed by atoms with Gasteiger partial charge in [0.05, 0.1) is 0 Å². The lowest BCUT2D eigenvalue weighted by atomic mass is 10.1. The summed E-state index contributed by atoms with van der Waals surface area (Å²) in [6.45, 7) is 3.82. The number of hydrogen-bond acceptors (Lipinski definition) is 2. The predicted molar refractivity (Wildman–Crippen MR) is 52.5 cm³/mol. The molecule has 76 valence electrons. The fourth-order valence-corrected chi connectivity index (χ4v) is 2.22. The Morgan fingerprint density at radius 2 is 2.31 bits per heavy atom. The molecule has 1 aliphatic heterocycles. The largest absolute Gasteiger partial charge is 0.361 e. The van der Waals surface area contributed by atoms with Gasteiger partial charge in [0, 0.05) is 11.8 Å². The van der Waals surface area contributed by atoms with Crippen molar-refractivity contribution in [3.8, 4) is 0 Å². The minimum absolute atomic E-state index is 0.376. The van der Waals surface area contributed by atoms with Gasteiger partial charge in [0.25, 0.3) is 6.43 Å². The molecule has 1 rings (SSSR count). The summed E-state index contributed by atoms with van der Waals surface area (Å²) in [5, 5.41) is 3.79. The molecule has 1 aliphatic rings. The zero-order chi connectivity index (χ0) is 9.84. The highest BCUT2D eigenvalue weighted by molar-refractivity contribution is 8.14. The average Bonchev–Trinajstić information content (AvgIpc) is 2.48. The van der Waals surface area contributed by atoms with Crippen LogP contribution in [0.15, 0.2) is 4.99 Å². The molecule has 0 aromatic carbocycles. The molecule has 1 atom stereocenters. The summed E-state index contributed by atoms with van der Waals surface area (Å²) in [6.07, 6.45) is -2.34. The number of nitrogens with one attached hydrogen (secondary N) is 1. The van der Waals surface area contributed by atoms with Crippen LogP contribution in [0.5, 0.6) is 0 Å². The molecule has 1 fully saturated rings. The number of nitrogens with zero attached hydrogens (tertiary/aromatic N) is 1. The number of alkyl halides is 2. The molecule has 0 bridgehead atoms. The summed E-state index contributed by atoms with van der Waals surface area (Å²) in [5.74, 6) is 1.45. The first kappa shape index (κ1) is 10.8. The third-order valence-corrected chi connectivity index (χ3v) is 2.93. The molecule has 0 radical (unpaired) electrons. The molecule has 1 heterocycles. The van der Waals surface area contributed by atoms with Gasteiger partial charge >= 0.3 is 0 Å². The first-order chi connectivity index (χ1) is 6.09. The van der Waals surface area contributed by atoms with Gasteiger partial charge in [-0.2, -0.15) is 0 Å². The van der Waals surface area contributed by atoms with Gasteiger partial charge in [-0.15, -0.1) is 0 Å². The van der Waals surface area contributed by atoms with E-state index < -0.39 is 6.43 Å². The van der Waals surface area contributed by atoms with Crippen LogP contribution in [-0.4, -0.2) is 29.9 Å². The van der Waals surface area contributed by atoms with E-state index in [4.69, 9.17) is 0 Å². The molecule has 2 nitrogen and oxygen atoms in total. The molecule has 5 heteroatoms. The Bertz CT molecular complexity index is 195. The van der Waals surface area contributed by atoms with Crippen LogP contribution in [0.2, 0.25) is 0 Å². The predicted octanol–water partition coefficient (Wildman–Crippen LogP) is 1.97. The molecular weight excluding hydrogens is 194 g/mol. The number of hydrogen-bond donors (Lipinski definition) is 1. The van der Waals surface area contributed by atoms with Crippen LogP contribution in [0.25, 0.3) is 0 Å². The van der Waals surface area contributed by atoms with Crippen molar-refractivity contribution in [2.75, 3.05) is 12.3 Å². The van der Waals surface area contributed by atoms with Crippen molar-refractivity contribution in [1.82, 2.24) is 5.32 Å². The highest BCUT2D eigenvalue weighted by Crippen LogP contribution is 2.19. The fourth-order valence-electron chi connectivity index (χ4n) is 1.01. The molecule has 0 spiro atoms. The Kier molecular flexibility index (Phi) is 3.96. The topological polar surface area (TPSA) is 24.4 Å². The van der Waals surface area contributed by atoms with Crippen molar-refractivity contribution >= 4 is 16.9 Å². The molecular formula is C8H14F2N2S. The van der Waals surface area contributed by atoms with E-state index in [0.717, 1.165) is 5.75 Å². The summed E-state index contributed by atoms with van der Waals surface area (Å²) in [4.78, 5) is 3.77. The number of rotatable bonds is 3. The van der Waals surface area contributed by atoms with Crippen LogP contribution >= 0.6 is 11.8 Å². The van der Waals surface area contributed by atoms with Crippen LogP contribution in [0, 0.1) is 5.92 Å². The summed E-state index contributed by atoms with van der Waals surface area (Å²) >= 11 is 1.53. The maximum absolute atomic E-state index is 11.8. The number of halogens is 2. The highest BCUT2D eigenvalue weighted by atomic mass is 32.2. The molecule has 0 aliphatic carbocycles. The van der Waals surface area contributed by atoms with Crippen molar-refractivity contribution in [3.63, 3.8) is 0 Å². The zero-order valence-corrected chi connectivity index (χ0v) is 8.57. The number of aliphatic imine (C=N–C) groups is 1. The van der Waals surface area contributed by atoms with Gasteiger partial charge < -0.3 is 5.32 Å². The van der Waals surface area contributed by atoms with Gasteiger partial charge in [-0.1, -0.05) is 25.6 Å². The SMILES string of the molecule is CC(C)[C@H]1CSC(=NCC(F)F)N1. The Morgan fingerprint density at radius 3 is 2.77 bits per heavy atom. The fraction of sp³-hybridized carbons (Fsp3) is 0.875. The van der Waals surface area contributed by atoms with E-state index in [1.807, 2.05) is 0 Å². The molecule has 0 aromatic heterocycles. The van der Waals surface area contributed by atoms with Crippen molar-refractivity contribution < 1.29 is 8.78 Å². The maximum Gasteiger partial charge on any atom is 0.257 e. The van der Waals surface area contributed by atoms with Crippen molar-refractivity contribution in [3.05, 3.63) is 0 Å². The van der Waals surface area contributed by atoms with E-state index in [1.165, 1.54) is 11.8 Å². The second-order valence-electron chi connectivity index (χ2n) is 3.34. The summed E-state index contributed by atoms with van der Waals surface area (Å²) in [6, 6.07) is 0.376. The molecule has 0 amide bonds. The van der Waals surface area contributed by atoms with Crippen LogP contribution in [-0.2, 0) is 0 Å². The monoisotopic (exact) mass is 208 g/mol. The Hall–Kier alpha value is -0.320. The second kappa shape index (κ2) is 4.79. The van der Waals surface area contributed by atoms with Crippen LogP contribution in [0.4, 0.5) is 8.78 Å². The van der Waals surface area contributed by atoms with E-state index in [0.29, 0.717) is 17.1 Å². The van der Waals surface area contributed by atoms with Crippen molar-refractivity contribution in [2.24, 2.45) is 10.9 Å². The smallest absolute Gasteiger partial charge is 0.257 e. The molecule has 13 heavy (non-hydrogen) atoms.